The van der Waals surface area contributed by atoms with Gasteiger partial charge in [-0.05, 0) is 42.1 Å². The highest BCUT2D eigenvalue weighted by atomic mass is 32.2. The molecule has 2 aromatic rings. The van der Waals surface area contributed by atoms with Gasteiger partial charge in [-0.25, -0.2) is 13.1 Å². The lowest BCUT2D eigenvalue weighted by molar-refractivity contribution is 0.583. The number of nitrogen functional groups attached to an aromatic ring is 1. The largest absolute Gasteiger partial charge is 0.399 e. The zero-order valence-corrected chi connectivity index (χ0v) is 14.2. The predicted octanol–water partition coefficient (Wildman–Crippen LogP) is 2.85. The second kappa shape index (κ2) is 7.31. The maximum Gasteiger partial charge on any atom is 0.212 e. The summed E-state index contributed by atoms with van der Waals surface area (Å²) in [5.41, 5.74) is 7.50. The second-order valence-electron chi connectivity index (χ2n) is 4.59. The number of nitrogens with two attached hydrogens (primary N) is 1. The van der Waals surface area contributed by atoms with Gasteiger partial charge in [-0.1, -0.05) is 6.07 Å². The van der Waals surface area contributed by atoms with Crippen LogP contribution in [-0.2, 0) is 16.6 Å². The molecule has 114 valence electrons. The number of rotatable bonds is 7. The van der Waals surface area contributed by atoms with Crippen LogP contribution in [0.15, 0.2) is 40.6 Å². The van der Waals surface area contributed by atoms with E-state index in [0.717, 1.165) is 15.3 Å². The Balaban J connectivity index is 1.80. The third-order valence-electron chi connectivity index (χ3n) is 2.90. The van der Waals surface area contributed by atoms with Gasteiger partial charge < -0.3 is 5.73 Å². The Hall–Kier alpha value is -1.02. The van der Waals surface area contributed by atoms with Crippen LogP contribution >= 0.6 is 23.1 Å². The lowest BCUT2D eigenvalue weighted by Crippen LogP contribution is -2.26. The fourth-order valence-corrected chi connectivity index (χ4v) is 4.99. The maximum absolute atomic E-state index is 11.9. The Bertz CT molecular complexity index is 696. The molecule has 0 aliphatic heterocycles. The molecule has 0 saturated carbocycles. The Morgan fingerprint density at radius 3 is 2.81 bits per heavy atom. The van der Waals surface area contributed by atoms with E-state index in [1.54, 1.807) is 11.3 Å². The van der Waals surface area contributed by atoms with Crippen LogP contribution in [0.25, 0.3) is 0 Å². The minimum Gasteiger partial charge on any atom is -0.399 e. The van der Waals surface area contributed by atoms with E-state index in [1.165, 1.54) is 11.8 Å². The summed E-state index contributed by atoms with van der Waals surface area (Å²) >= 11 is 3.06. The molecule has 0 aliphatic rings. The van der Waals surface area contributed by atoms with Crippen LogP contribution in [0.4, 0.5) is 5.69 Å². The van der Waals surface area contributed by atoms with Crippen molar-refractivity contribution in [3.8, 4) is 0 Å². The van der Waals surface area contributed by atoms with Gasteiger partial charge in [0.25, 0.3) is 0 Å². The fourth-order valence-electron chi connectivity index (χ4n) is 1.71. The number of anilines is 1. The lowest BCUT2D eigenvalue weighted by Gasteiger charge is -2.06. The monoisotopic (exact) mass is 342 g/mol. The number of nitrogens with one attached hydrogen (secondary N) is 1. The van der Waals surface area contributed by atoms with E-state index in [2.05, 4.69) is 4.72 Å². The van der Waals surface area contributed by atoms with Crippen molar-refractivity contribution in [2.45, 2.75) is 18.4 Å². The summed E-state index contributed by atoms with van der Waals surface area (Å²) < 4.78 is 26.5. The number of sulfonamides is 1. The van der Waals surface area contributed by atoms with Crippen LogP contribution in [0.2, 0.25) is 0 Å². The molecule has 0 radical (unpaired) electrons. The predicted molar refractivity (Wildman–Crippen MR) is 91.3 cm³/mol. The molecule has 21 heavy (non-hydrogen) atoms. The van der Waals surface area contributed by atoms with Crippen molar-refractivity contribution in [3.05, 3.63) is 46.2 Å². The van der Waals surface area contributed by atoms with Gasteiger partial charge in [0.2, 0.25) is 10.0 Å². The minimum absolute atomic E-state index is 0.0941. The molecule has 3 N–H and O–H groups in total. The zero-order valence-electron chi connectivity index (χ0n) is 11.7. The summed E-state index contributed by atoms with van der Waals surface area (Å²) in [6.45, 7) is 2.35. The summed E-state index contributed by atoms with van der Waals surface area (Å²) in [7, 11) is -3.25. The first kappa shape index (κ1) is 16.4. The fraction of sp³-hybridized carbons (Fsp3) is 0.286. The van der Waals surface area contributed by atoms with Gasteiger partial charge in [0.15, 0.2) is 0 Å². The Morgan fingerprint density at radius 1 is 1.33 bits per heavy atom. The van der Waals surface area contributed by atoms with Crippen molar-refractivity contribution in [3.63, 3.8) is 0 Å². The quantitative estimate of drug-likeness (QED) is 0.599. The minimum atomic E-state index is -3.25. The van der Waals surface area contributed by atoms with Gasteiger partial charge in [-0.3, -0.25) is 0 Å². The van der Waals surface area contributed by atoms with Crippen molar-refractivity contribution in [1.82, 2.24) is 4.72 Å². The first-order valence-electron chi connectivity index (χ1n) is 6.45. The van der Waals surface area contributed by atoms with Crippen LogP contribution in [0.5, 0.6) is 0 Å². The number of hydrogen-bond acceptors (Lipinski definition) is 5. The molecule has 4 nitrogen and oxygen atoms in total. The molecule has 7 heteroatoms. The summed E-state index contributed by atoms with van der Waals surface area (Å²) in [6, 6.07) is 9.44. The molecule has 2 rings (SSSR count). The summed E-state index contributed by atoms with van der Waals surface area (Å²) in [6.07, 6.45) is 0. The van der Waals surface area contributed by atoms with Crippen LogP contribution in [0, 0.1) is 6.92 Å². The Morgan fingerprint density at radius 2 is 2.14 bits per heavy atom. The van der Waals surface area contributed by atoms with E-state index in [-0.39, 0.29) is 5.75 Å². The van der Waals surface area contributed by atoms with Crippen LogP contribution in [-0.4, -0.2) is 19.9 Å². The molecule has 0 saturated heterocycles. The standard InChI is InChI=1S/C14H18N2O2S3/c1-11-5-6-20-14(11)10-16-21(17,18)8-7-19-13-4-2-3-12(15)9-13/h2-6,9,16H,7-8,10,15H2,1H3. The lowest BCUT2D eigenvalue weighted by atomic mass is 10.3. The zero-order chi connectivity index (χ0) is 15.3. The highest BCUT2D eigenvalue weighted by Crippen LogP contribution is 2.20. The maximum atomic E-state index is 11.9. The Labute approximate surface area is 133 Å². The molecule has 0 bridgehead atoms. The first-order chi connectivity index (χ1) is 9.96. The van der Waals surface area contributed by atoms with Crippen LogP contribution < -0.4 is 10.5 Å². The highest BCUT2D eigenvalue weighted by molar-refractivity contribution is 8.00. The van der Waals surface area contributed by atoms with Crippen molar-refractivity contribution in [2.24, 2.45) is 0 Å². The smallest absolute Gasteiger partial charge is 0.212 e. The van der Waals surface area contributed by atoms with Crippen molar-refractivity contribution < 1.29 is 8.42 Å². The van der Waals surface area contributed by atoms with E-state index < -0.39 is 10.0 Å². The van der Waals surface area contributed by atoms with Crippen LogP contribution in [0.1, 0.15) is 10.4 Å². The Kier molecular flexibility index (Phi) is 5.69. The van der Waals surface area contributed by atoms with Crippen molar-refractivity contribution in [2.75, 3.05) is 17.2 Å². The second-order valence-corrected chi connectivity index (χ2v) is 8.68. The van der Waals surface area contributed by atoms with E-state index >= 15 is 0 Å². The molecule has 0 aliphatic carbocycles. The molecule has 0 unspecified atom stereocenters. The number of thioether (sulfide) groups is 1. The summed E-state index contributed by atoms with van der Waals surface area (Å²) in [5, 5.41) is 1.97. The summed E-state index contributed by atoms with van der Waals surface area (Å²) in [5.74, 6) is 0.596. The number of thiophene rings is 1. The molecule has 1 aromatic heterocycles. The van der Waals surface area contributed by atoms with Gasteiger partial charge >= 0.3 is 0 Å². The van der Waals surface area contributed by atoms with Gasteiger partial charge in [-0.2, -0.15) is 0 Å². The first-order valence-corrected chi connectivity index (χ1v) is 9.97. The number of hydrogen-bond donors (Lipinski definition) is 2. The van der Waals surface area contributed by atoms with E-state index in [4.69, 9.17) is 5.73 Å². The highest BCUT2D eigenvalue weighted by Gasteiger charge is 2.11. The summed E-state index contributed by atoms with van der Waals surface area (Å²) in [4.78, 5) is 2.04. The topological polar surface area (TPSA) is 72.2 Å². The van der Waals surface area contributed by atoms with E-state index in [1.807, 2.05) is 42.6 Å². The third kappa shape index (κ3) is 5.35. The van der Waals surface area contributed by atoms with Gasteiger partial charge in [0, 0.05) is 27.8 Å². The normalized spacial score (nSPS) is 11.7. The van der Waals surface area contributed by atoms with Gasteiger partial charge in [-0.15, -0.1) is 23.1 Å². The molecule has 0 spiro atoms. The van der Waals surface area contributed by atoms with E-state index in [0.29, 0.717) is 18.0 Å². The average Bonchev–Trinajstić information content (AvgIpc) is 2.82. The van der Waals surface area contributed by atoms with Gasteiger partial charge in [0.1, 0.15) is 0 Å². The third-order valence-corrected chi connectivity index (χ3v) is 6.50. The molecule has 0 amide bonds. The number of aryl methyl sites for hydroxylation is 1. The molecule has 1 heterocycles. The SMILES string of the molecule is Cc1ccsc1CNS(=O)(=O)CCSc1cccc(N)c1. The van der Waals surface area contributed by atoms with Crippen LogP contribution in [0.3, 0.4) is 0 Å². The van der Waals surface area contributed by atoms with Crippen molar-refractivity contribution in [1.29, 1.82) is 0 Å². The number of benzene rings is 1. The van der Waals surface area contributed by atoms with Gasteiger partial charge in [0.05, 0.1) is 5.75 Å². The average molecular weight is 343 g/mol. The molecule has 0 atom stereocenters. The molecule has 0 fully saturated rings. The molecular formula is C14H18N2O2S3. The molecule has 1 aromatic carbocycles. The van der Waals surface area contributed by atoms with Crippen molar-refractivity contribution >= 4 is 38.8 Å². The van der Waals surface area contributed by atoms with E-state index in [9.17, 15) is 8.42 Å². The molecular weight excluding hydrogens is 324 g/mol.